The Labute approximate surface area is 155 Å². The van der Waals surface area contributed by atoms with E-state index in [-0.39, 0.29) is 29.4 Å². The number of rotatable bonds is 3. The summed E-state index contributed by atoms with van der Waals surface area (Å²) in [7, 11) is 0. The van der Waals surface area contributed by atoms with Gasteiger partial charge < -0.3 is 9.15 Å². The second kappa shape index (κ2) is 5.96. The van der Waals surface area contributed by atoms with Gasteiger partial charge in [-0.3, -0.25) is 14.5 Å². The van der Waals surface area contributed by atoms with E-state index in [4.69, 9.17) is 14.6 Å². The van der Waals surface area contributed by atoms with Crippen LogP contribution in [0.5, 0.6) is 0 Å². The van der Waals surface area contributed by atoms with Crippen molar-refractivity contribution in [3.8, 4) is 0 Å². The van der Waals surface area contributed by atoms with Gasteiger partial charge in [-0.2, -0.15) is 0 Å². The molecule has 0 atom stereocenters. The summed E-state index contributed by atoms with van der Waals surface area (Å²) in [6.07, 6.45) is 2.33. The Morgan fingerprint density at radius 3 is 2.81 bits per heavy atom. The van der Waals surface area contributed by atoms with Crippen LogP contribution in [0.3, 0.4) is 0 Å². The van der Waals surface area contributed by atoms with Crippen molar-refractivity contribution >= 4 is 21.6 Å². The number of nitrogens with one attached hydrogen (secondary N) is 1. The minimum atomic E-state index is -0.266. The smallest absolute Gasteiger partial charge is 0.331 e. The third-order valence-corrected chi connectivity index (χ3v) is 6.05. The number of thiophene rings is 1. The minimum Gasteiger partial charge on any atom is -0.467 e. The van der Waals surface area contributed by atoms with Crippen molar-refractivity contribution in [3.05, 3.63) is 50.6 Å². The molecule has 7 heteroatoms. The van der Waals surface area contributed by atoms with E-state index in [0.29, 0.717) is 12.4 Å². The minimum absolute atomic E-state index is 0.00230. The Bertz CT molecular complexity index is 1080. The first kappa shape index (κ1) is 17.3. The summed E-state index contributed by atoms with van der Waals surface area (Å²) in [6, 6.07) is 3.63. The molecule has 138 valence electrons. The maximum atomic E-state index is 13.2. The van der Waals surface area contributed by atoms with Crippen molar-refractivity contribution in [1.82, 2.24) is 9.13 Å². The molecule has 3 aromatic heterocycles. The van der Waals surface area contributed by atoms with E-state index in [9.17, 15) is 4.79 Å². The number of fused-ring (bicyclic) bond motifs is 3. The van der Waals surface area contributed by atoms with Crippen LogP contribution in [-0.4, -0.2) is 14.7 Å². The number of hydrogen-bond donors (Lipinski definition) is 1. The molecule has 6 nitrogen and oxygen atoms in total. The molecule has 0 unspecified atom stereocenters. The van der Waals surface area contributed by atoms with Gasteiger partial charge in [0.05, 0.1) is 30.4 Å². The van der Waals surface area contributed by atoms with Crippen molar-refractivity contribution in [2.45, 2.75) is 58.9 Å². The van der Waals surface area contributed by atoms with E-state index in [1.807, 2.05) is 19.9 Å². The fourth-order valence-corrected chi connectivity index (χ4v) is 4.92. The molecule has 0 aliphatic carbocycles. The molecular weight excluding hydrogens is 350 g/mol. The van der Waals surface area contributed by atoms with Gasteiger partial charge >= 0.3 is 5.69 Å². The second-order valence-electron chi connectivity index (χ2n) is 7.67. The molecule has 0 bridgehead atoms. The fraction of sp³-hybridized carbons (Fsp3) is 0.474. The molecule has 1 aliphatic rings. The van der Waals surface area contributed by atoms with Gasteiger partial charge in [0.2, 0.25) is 0 Å². The zero-order valence-corrected chi connectivity index (χ0v) is 16.3. The topological polar surface area (TPSA) is 73.2 Å². The molecule has 1 N–H and O–H groups in total. The van der Waals surface area contributed by atoms with Crippen LogP contribution < -0.4 is 11.2 Å². The molecule has 0 saturated carbocycles. The standard InChI is InChI=1S/C19H23N3O3S/c1-11(2)22-17-15(13-8-19(3,4)25-10-14(13)26-17)16(20)21(18(22)23)9-12-6-5-7-24-12/h5-7,11,20H,8-10H2,1-4H3. The van der Waals surface area contributed by atoms with Crippen molar-refractivity contribution in [2.75, 3.05) is 0 Å². The quantitative estimate of drug-likeness (QED) is 0.764. The summed E-state index contributed by atoms with van der Waals surface area (Å²) in [5.74, 6) is 0.669. The van der Waals surface area contributed by atoms with Gasteiger partial charge in [-0.05, 0) is 45.4 Å². The fourth-order valence-electron chi connectivity index (χ4n) is 3.56. The van der Waals surface area contributed by atoms with E-state index < -0.39 is 0 Å². The van der Waals surface area contributed by atoms with E-state index in [1.54, 1.807) is 28.2 Å². The number of nitrogens with zero attached hydrogens (tertiary/aromatic N) is 2. The Morgan fingerprint density at radius 2 is 2.15 bits per heavy atom. The lowest BCUT2D eigenvalue weighted by atomic mass is 9.94. The number of furan rings is 1. The lowest BCUT2D eigenvalue weighted by Gasteiger charge is -2.30. The third-order valence-electron chi connectivity index (χ3n) is 4.84. The van der Waals surface area contributed by atoms with Crippen LogP contribution in [0.25, 0.3) is 10.2 Å². The van der Waals surface area contributed by atoms with Crippen molar-refractivity contribution in [3.63, 3.8) is 0 Å². The van der Waals surface area contributed by atoms with Gasteiger partial charge in [0.1, 0.15) is 16.1 Å². The van der Waals surface area contributed by atoms with Crippen LogP contribution >= 0.6 is 11.3 Å². The van der Waals surface area contributed by atoms with Crippen molar-refractivity contribution in [2.24, 2.45) is 0 Å². The summed E-state index contributed by atoms with van der Waals surface area (Å²) in [6.45, 7) is 8.93. The van der Waals surface area contributed by atoms with E-state index in [1.165, 1.54) is 4.57 Å². The van der Waals surface area contributed by atoms with E-state index in [2.05, 4.69) is 13.8 Å². The first-order chi connectivity index (χ1) is 12.3. The molecule has 26 heavy (non-hydrogen) atoms. The zero-order chi connectivity index (χ0) is 18.6. The van der Waals surface area contributed by atoms with Gasteiger partial charge in [0.25, 0.3) is 0 Å². The monoisotopic (exact) mass is 373 g/mol. The van der Waals surface area contributed by atoms with Gasteiger partial charge in [-0.25, -0.2) is 4.79 Å². The normalized spacial score (nSPS) is 16.3. The lowest BCUT2D eigenvalue weighted by molar-refractivity contribution is -0.0379. The summed E-state index contributed by atoms with van der Waals surface area (Å²) < 4.78 is 14.7. The largest absolute Gasteiger partial charge is 0.467 e. The summed E-state index contributed by atoms with van der Waals surface area (Å²) >= 11 is 1.58. The van der Waals surface area contributed by atoms with Crippen LogP contribution in [0.1, 0.15) is 49.9 Å². The second-order valence-corrected chi connectivity index (χ2v) is 8.75. The molecule has 0 amide bonds. The van der Waals surface area contributed by atoms with Crippen LogP contribution in [0.4, 0.5) is 0 Å². The predicted octanol–water partition coefficient (Wildman–Crippen LogP) is 3.42. The predicted molar refractivity (Wildman–Crippen MR) is 101 cm³/mol. The number of ether oxygens (including phenoxy) is 1. The summed E-state index contributed by atoms with van der Waals surface area (Å²) in [5, 5.41) is 9.66. The van der Waals surface area contributed by atoms with Crippen LogP contribution in [-0.2, 0) is 24.3 Å². The van der Waals surface area contributed by atoms with Gasteiger partial charge in [0, 0.05) is 17.3 Å². The van der Waals surface area contributed by atoms with E-state index in [0.717, 1.165) is 27.1 Å². The molecule has 3 aromatic rings. The number of aromatic nitrogens is 2. The van der Waals surface area contributed by atoms with Crippen LogP contribution in [0.2, 0.25) is 0 Å². The highest BCUT2D eigenvalue weighted by atomic mass is 32.1. The molecule has 0 saturated heterocycles. The molecule has 4 rings (SSSR count). The molecule has 0 spiro atoms. The highest BCUT2D eigenvalue weighted by Crippen LogP contribution is 2.37. The Balaban J connectivity index is 2.04. The highest BCUT2D eigenvalue weighted by molar-refractivity contribution is 7.18. The highest BCUT2D eigenvalue weighted by Gasteiger charge is 2.31. The number of hydrogen-bond acceptors (Lipinski definition) is 5. The maximum Gasteiger partial charge on any atom is 0.331 e. The maximum absolute atomic E-state index is 13.2. The summed E-state index contributed by atoms with van der Waals surface area (Å²) in [4.78, 5) is 15.1. The average Bonchev–Trinajstić information content (AvgIpc) is 3.17. The molecule has 4 heterocycles. The van der Waals surface area contributed by atoms with Crippen LogP contribution in [0.15, 0.2) is 27.6 Å². The van der Waals surface area contributed by atoms with Gasteiger partial charge in [-0.15, -0.1) is 11.3 Å². The molecule has 0 aromatic carbocycles. The first-order valence-corrected chi connectivity index (χ1v) is 9.60. The average molecular weight is 373 g/mol. The van der Waals surface area contributed by atoms with Crippen molar-refractivity contribution < 1.29 is 9.15 Å². The molecule has 1 aliphatic heterocycles. The van der Waals surface area contributed by atoms with Gasteiger partial charge in [0.15, 0.2) is 0 Å². The Hall–Kier alpha value is -2.12. The molecule has 0 fully saturated rings. The SMILES string of the molecule is CC(C)n1c(=O)n(Cc2ccco2)c(=N)c2c3c(sc21)COC(C)(C)C3. The Kier molecular flexibility index (Phi) is 3.96. The van der Waals surface area contributed by atoms with E-state index >= 15 is 0 Å². The lowest BCUT2D eigenvalue weighted by Crippen LogP contribution is -2.41. The summed E-state index contributed by atoms with van der Waals surface area (Å²) in [5.41, 5.74) is 0.966. The van der Waals surface area contributed by atoms with Crippen molar-refractivity contribution in [1.29, 1.82) is 5.41 Å². The van der Waals surface area contributed by atoms with Crippen LogP contribution in [0, 0.1) is 5.41 Å². The Morgan fingerprint density at radius 1 is 1.38 bits per heavy atom. The third kappa shape index (κ3) is 2.66. The molecular formula is C19H23N3O3S. The first-order valence-electron chi connectivity index (χ1n) is 8.79. The van der Waals surface area contributed by atoms with Gasteiger partial charge in [-0.1, -0.05) is 0 Å². The molecule has 0 radical (unpaired) electrons. The zero-order valence-electron chi connectivity index (χ0n) is 15.5.